The maximum atomic E-state index is 13.1. The summed E-state index contributed by atoms with van der Waals surface area (Å²) in [7, 11) is -0.609. The first-order chi connectivity index (χ1) is 12.5. The van der Waals surface area contributed by atoms with Gasteiger partial charge in [-0.2, -0.15) is 4.31 Å². The highest BCUT2D eigenvalue weighted by Crippen LogP contribution is 2.30. The lowest BCUT2D eigenvalue weighted by atomic mass is 10.1. The summed E-state index contributed by atoms with van der Waals surface area (Å²) in [5.74, 6) is 0.847. The predicted molar refractivity (Wildman–Crippen MR) is 97.5 cm³/mol. The Morgan fingerprint density at radius 2 is 1.96 bits per heavy atom. The SMILES string of the molecule is COc1ccc(OC)c(S(=O)(=O)N2CC[NH+](C[C@@H]3CCCCO3)CC2)c1. The molecular weight excluding hydrogens is 356 g/mol. The second-order valence-corrected chi connectivity index (χ2v) is 8.77. The van der Waals surface area contributed by atoms with Crippen molar-refractivity contribution in [2.24, 2.45) is 0 Å². The molecule has 0 aliphatic carbocycles. The Hall–Kier alpha value is -1.35. The van der Waals surface area contributed by atoms with Crippen LogP contribution in [-0.4, -0.2) is 72.4 Å². The van der Waals surface area contributed by atoms with Crippen LogP contribution < -0.4 is 14.4 Å². The summed E-state index contributed by atoms with van der Waals surface area (Å²) in [4.78, 5) is 1.58. The molecule has 2 saturated heterocycles. The molecule has 1 atom stereocenters. The minimum Gasteiger partial charge on any atom is -0.497 e. The lowest BCUT2D eigenvalue weighted by molar-refractivity contribution is -0.907. The number of ether oxygens (including phenoxy) is 3. The number of piperazine rings is 1. The van der Waals surface area contributed by atoms with E-state index in [2.05, 4.69) is 0 Å². The van der Waals surface area contributed by atoms with E-state index >= 15 is 0 Å². The van der Waals surface area contributed by atoms with Gasteiger partial charge in [0.05, 0.1) is 40.4 Å². The van der Waals surface area contributed by atoms with Crippen molar-refractivity contribution in [1.29, 1.82) is 0 Å². The molecule has 146 valence electrons. The van der Waals surface area contributed by atoms with Crippen LogP contribution in [0.3, 0.4) is 0 Å². The van der Waals surface area contributed by atoms with Crippen molar-refractivity contribution < 1.29 is 27.5 Å². The monoisotopic (exact) mass is 385 g/mol. The normalized spacial score (nSPS) is 22.9. The molecule has 0 saturated carbocycles. The minimum absolute atomic E-state index is 0.165. The zero-order valence-corrected chi connectivity index (χ0v) is 16.4. The highest BCUT2D eigenvalue weighted by Gasteiger charge is 2.33. The van der Waals surface area contributed by atoms with E-state index in [0.717, 1.165) is 39.1 Å². The maximum absolute atomic E-state index is 13.1. The van der Waals surface area contributed by atoms with Crippen LogP contribution in [0.25, 0.3) is 0 Å². The topological polar surface area (TPSA) is 69.5 Å². The van der Waals surface area contributed by atoms with Crippen LogP contribution in [0, 0.1) is 0 Å². The van der Waals surface area contributed by atoms with E-state index in [-0.39, 0.29) is 4.90 Å². The highest BCUT2D eigenvalue weighted by molar-refractivity contribution is 7.89. The third-order valence-corrected chi connectivity index (χ3v) is 7.13. The summed E-state index contributed by atoms with van der Waals surface area (Å²) in [5, 5.41) is 0. The number of benzene rings is 1. The molecule has 0 amide bonds. The molecule has 2 aliphatic rings. The van der Waals surface area contributed by atoms with E-state index in [0.29, 0.717) is 30.7 Å². The lowest BCUT2D eigenvalue weighted by Gasteiger charge is -2.34. The maximum Gasteiger partial charge on any atom is 0.247 e. The number of nitrogens with zero attached hydrogens (tertiary/aromatic N) is 1. The molecule has 0 radical (unpaired) electrons. The molecule has 2 fully saturated rings. The van der Waals surface area contributed by atoms with E-state index in [1.54, 1.807) is 16.4 Å². The number of hydrogen-bond donors (Lipinski definition) is 1. The molecule has 2 aliphatic heterocycles. The van der Waals surface area contributed by atoms with Gasteiger partial charge in [0.25, 0.3) is 0 Å². The summed E-state index contributed by atoms with van der Waals surface area (Å²) in [6.07, 6.45) is 3.82. The first kappa shape index (κ1) is 19.4. The van der Waals surface area contributed by atoms with Crippen molar-refractivity contribution in [1.82, 2.24) is 4.31 Å². The molecule has 2 heterocycles. The van der Waals surface area contributed by atoms with Crippen molar-refractivity contribution in [3.05, 3.63) is 18.2 Å². The predicted octanol–water partition coefficient (Wildman–Crippen LogP) is 0.162. The summed E-state index contributed by atoms with van der Waals surface area (Å²) >= 11 is 0. The van der Waals surface area contributed by atoms with Gasteiger partial charge in [-0.3, -0.25) is 0 Å². The van der Waals surface area contributed by atoms with Gasteiger partial charge in [-0.05, 0) is 31.4 Å². The van der Waals surface area contributed by atoms with E-state index in [1.165, 1.54) is 31.6 Å². The number of sulfonamides is 1. The van der Waals surface area contributed by atoms with Gasteiger partial charge < -0.3 is 19.1 Å². The van der Waals surface area contributed by atoms with Gasteiger partial charge in [-0.25, -0.2) is 8.42 Å². The van der Waals surface area contributed by atoms with Gasteiger partial charge in [-0.15, -0.1) is 0 Å². The van der Waals surface area contributed by atoms with E-state index in [9.17, 15) is 8.42 Å². The van der Waals surface area contributed by atoms with Gasteiger partial charge in [-0.1, -0.05) is 0 Å². The Balaban J connectivity index is 1.66. The van der Waals surface area contributed by atoms with Gasteiger partial charge in [0.1, 0.15) is 29.0 Å². The first-order valence-electron chi connectivity index (χ1n) is 9.22. The Morgan fingerprint density at radius 1 is 1.19 bits per heavy atom. The number of nitrogens with one attached hydrogen (secondary N) is 1. The van der Waals surface area contributed by atoms with Gasteiger partial charge in [0, 0.05) is 12.7 Å². The van der Waals surface area contributed by atoms with Crippen molar-refractivity contribution in [2.75, 3.05) is 53.6 Å². The molecule has 0 aromatic heterocycles. The van der Waals surface area contributed by atoms with Gasteiger partial charge in [0.15, 0.2) is 0 Å². The standard InChI is InChI=1S/C18H28N2O5S/c1-23-15-6-7-17(24-2)18(13-15)26(21,22)20-10-8-19(9-11-20)14-16-5-3-4-12-25-16/h6-7,13,16H,3-5,8-12,14H2,1-2H3/p+1/t16-/m0/s1. The van der Waals surface area contributed by atoms with E-state index in [1.807, 2.05) is 0 Å². The molecule has 7 nitrogen and oxygen atoms in total. The lowest BCUT2D eigenvalue weighted by Crippen LogP contribution is -3.15. The average molecular weight is 386 g/mol. The van der Waals surface area contributed by atoms with E-state index in [4.69, 9.17) is 14.2 Å². The zero-order chi connectivity index (χ0) is 18.6. The summed E-state index contributed by atoms with van der Waals surface area (Å²) in [5.41, 5.74) is 0. The molecule has 1 aromatic carbocycles. The van der Waals surface area contributed by atoms with Crippen molar-refractivity contribution in [3.63, 3.8) is 0 Å². The molecule has 1 N–H and O–H groups in total. The molecule has 0 bridgehead atoms. The van der Waals surface area contributed by atoms with Crippen LogP contribution in [0.1, 0.15) is 19.3 Å². The number of hydrogen-bond acceptors (Lipinski definition) is 5. The Labute approximate surface area is 155 Å². The fourth-order valence-electron chi connectivity index (χ4n) is 3.66. The van der Waals surface area contributed by atoms with Crippen LogP contribution in [-0.2, 0) is 14.8 Å². The summed E-state index contributed by atoms with van der Waals surface area (Å²) < 4.78 is 44.0. The first-order valence-corrected chi connectivity index (χ1v) is 10.7. The molecular formula is C18H29N2O5S+. The second kappa shape index (κ2) is 8.56. The van der Waals surface area contributed by atoms with Crippen molar-refractivity contribution in [2.45, 2.75) is 30.3 Å². The zero-order valence-electron chi connectivity index (χ0n) is 15.6. The van der Waals surface area contributed by atoms with Crippen LogP contribution in [0.15, 0.2) is 23.1 Å². The molecule has 8 heteroatoms. The number of methoxy groups -OCH3 is 2. The Bertz CT molecular complexity index is 696. The smallest absolute Gasteiger partial charge is 0.247 e. The van der Waals surface area contributed by atoms with Crippen LogP contribution >= 0.6 is 0 Å². The summed E-state index contributed by atoms with van der Waals surface area (Å²) in [6, 6.07) is 4.86. The third kappa shape index (κ3) is 4.31. The second-order valence-electron chi connectivity index (χ2n) is 6.86. The van der Waals surface area contributed by atoms with Gasteiger partial charge in [0.2, 0.25) is 10.0 Å². The van der Waals surface area contributed by atoms with Crippen LogP contribution in [0.2, 0.25) is 0 Å². The molecule has 26 heavy (non-hydrogen) atoms. The third-order valence-electron chi connectivity index (χ3n) is 5.21. The fourth-order valence-corrected chi connectivity index (χ4v) is 5.27. The van der Waals surface area contributed by atoms with Crippen molar-refractivity contribution >= 4 is 10.0 Å². The quantitative estimate of drug-likeness (QED) is 0.756. The van der Waals surface area contributed by atoms with Crippen molar-refractivity contribution in [3.8, 4) is 11.5 Å². The minimum atomic E-state index is -3.61. The molecule has 0 unspecified atom stereocenters. The van der Waals surface area contributed by atoms with Crippen LogP contribution in [0.4, 0.5) is 0 Å². The highest BCUT2D eigenvalue weighted by atomic mass is 32.2. The summed E-state index contributed by atoms with van der Waals surface area (Å²) in [6.45, 7) is 4.43. The molecule has 0 spiro atoms. The average Bonchev–Trinajstić information content (AvgIpc) is 2.68. The molecule has 3 rings (SSSR count). The van der Waals surface area contributed by atoms with E-state index < -0.39 is 10.0 Å². The fraction of sp³-hybridized carbons (Fsp3) is 0.667. The van der Waals surface area contributed by atoms with Crippen LogP contribution in [0.5, 0.6) is 11.5 Å². The Kier molecular flexibility index (Phi) is 6.39. The number of quaternary nitrogens is 1. The Morgan fingerprint density at radius 3 is 2.58 bits per heavy atom. The number of rotatable bonds is 6. The largest absolute Gasteiger partial charge is 0.497 e. The molecule has 1 aromatic rings. The van der Waals surface area contributed by atoms with Gasteiger partial charge >= 0.3 is 0 Å².